The number of hydrogen-bond acceptors (Lipinski definition) is 7. The van der Waals surface area contributed by atoms with Crippen molar-refractivity contribution < 1.29 is 27.6 Å². The minimum absolute atomic E-state index is 0.0617. The van der Waals surface area contributed by atoms with E-state index in [9.17, 15) is 32.5 Å². The largest absolute Gasteiger partial charge is 0.430 e. The number of carbonyl (C=O) groups excluding carboxylic acids is 3. The number of aromatic nitrogens is 1. The van der Waals surface area contributed by atoms with E-state index in [0.717, 1.165) is 4.90 Å². The quantitative estimate of drug-likeness (QED) is 0.196. The molecule has 1 heterocycles. The van der Waals surface area contributed by atoms with Gasteiger partial charge >= 0.3 is 6.18 Å². The van der Waals surface area contributed by atoms with E-state index in [2.05, 4.69) is 15.2 Å². The zero-order valence-electron chi connectivity index (χ0n) is 23.1. The highest BCUT2D eigenvalue weighted by molar-refractivity contribution is 6.39. The van der Waals surface area contributed by atoms with E-state index in [-0.39, 0.29) is 52.6 Å². The molecule has 2 aliphatic rings. The number of nitrogens with zero attached hydrogens (tertiary/aromatic N) is 4. The molecule has 2 amide bonds. The molecule has 1 N–H and O–H groups in total. The lowest BCUT2D eigenvalue weighted by Crippen LogP contribution is -2.48. The predicted molar refractivity (Wildman–Crippen MR) is 149 cm³/mol. The van der Waals surface area contributed by atoms with Crippen molar-refractivity contribution in [2.45, 2.75) is 78.1 Å². The van der Waals surface area contributed by atoms with Gasteiger partial charge in [0.25, 0.3) is 5.91 Å². The third kappa shape index (κ3) is 7.38. The fourth-order valence-electron chi connectivity index (χ4n) is 5.39. The van der Waals surface area contributed by atoms with Crippen molar-refractivity contribution in [2.24, 2.45) is 32.8 Å². The maximum atomic E-state index is 14.4. The number of aliphatic imine (C=N–C) groups is 1. The number of halogens is 5. The number of alkyl halides is 3. The zero-order chi connectivity index (χ0) is 30.9. The molecule has 3 unspecified atom stereocenters. The first-order valence-corrected chi connectivity index (χ1v) is 13.9. The van der Waals surface area contributed by atoms with E-state index in [0.29, 0.717) is 12.6 Å². The monoisotopic (exact) mass is 617 g/mol. The number of pyridine rings is 1. The van der Waals surface area contributed by atoms with Gasteiger partial charge in [-0.25, -0.2) is 0 Å². The highest BCUT2D eigenvalue weighted by Crippen LogP contribution is 2.49. The summed E-state index contributed by atoms with van der Waals surface area (Å²) in [4.78, 5) is 58.4. The van der Waals surface area contributed by atoms with Crippen molar-refractivity contribution in [1.82, 2.24) is 9.88 Å². The summed E-state index contributed by atoms with van der Waals surface area (Å²) >= 11 is 12.2. The van der Waals surface area contributed by atoms with Gasteiger partial charge in [-0.3, -0.25) is 24.4 Å². The lowest BCUT2D eigenvalue weighted by atomic mass is 9.73. The smallest absolute Gasteiger partial charge is 0.331 e. The molecule has 41 heavy (non-hydrogen) atoms. The van der Waals surface area contributed by atoms with Gasteiger partial charge in [-0.1, -0.05) is 50.9 Å². The van der Waals surface area contributed by atoms with Crippen LogP contribution in [0.2, 0.25) is 10.0 Å². The Kier molecular flexibility index (Phi) is 9.79. The molecule has 0 aromatic carbocycles. The molecule has 3 atom stereocenters. The van der Waals surface area contributed by atoms with Crippen molar-refractivity contribution in [3.8, 4) is 0 Å². The first-order chi connectivity index (χ1) is 18.9. The molecule has 2 aliphatic carbocycles. The van der Waals surface area contributed by atoms with Gasteiger partial charge in [0.05, 0.1) is 33.6 Å². The average Bonchev–Trinajstić information content (AvgIpc) is 3.68. The SMILES string of the molecule is CC1(C(=O)N=O)CCC(N=C(C(C=N)C(=O)N(CC(=O)c2c(Cl)cncc2Cl)C2CC2C(C)(C)C)C(F)(F)F)CC1. The van der Waals surface area contributed by atoms with Gasteiger partial charge in [-0.2, -0.15) is 13.2 Å². The van der Waals surface area contributed by atoms with Gasteiger partial charge in [0.1, 0.15) is 11.6 Å². The normalized spacial score (nSPS) is 25.7. The van der Waals surface area contributed by atoms with Crippen molar-refractivity contribution >= 4 is 52.7 Å². The van der Waals surface area contributed by atoms with Crippen molar-refractivity contribution in [3.05, 3.63) is 32.9 Å². The van der Waals surface area contributed by atoms with Crippen LogP contribution in [-0.2, 0) is 9.59 Å². The fraction of sp³-hybridized carbons (Fsp3) is 0.630. The Hall–Kier alpha value is -2.73. The Bertz CT molecular complexity index is 1240. The molecule has 2 fully saturated rings. The zero-order valence-corrected chi connectivity index (χ0v) is 24.6. The first kappa shape index (κ1) is 32.8. The van der Waals surface area contributed by atoms with Crippen LogP contribution in [0.15, 0.2) is 22.6 Å². The van der Waals surface area contributed by atoms with Crippen molar-refractivity contribution in [3.63, 3.8) is 0 Å². The predicted octanol–water partition coefficient (Wildman–Crippen LogP) is 6.35. The Balaban J connectivity index is 1.95. The highest BCUT2D eigenvalue weighted by Gasteiger charge is 2.53. The van der Waals surface area contributed by atoms with Crippen LogP contribution in [0.3, 0.4) is 0 Å². The van der Waals surface area contributed by atoms with E-state index < -0.39 is 59.4 Å². The minimum Gasteiger partial charge on any atom is -0.331 e. The van der Waals surface area contributed by atoms with E-state index in [4.69, 9.17) is 28.6 Å². The van der Waals surface area contributed by atoms with Crippen LogP contribution in [0.5, 0.6) is 0 Å². The Labute approximate surface area is 245 Å². The van der Waals surface area contributed by atoms with Crippen molar-refractivity contribution in [2.75, 3.05) is 6.54 Å². The number of carbonyl (C=O) groups is 3. The molecule has 0 spiro atoms. The third-order valence-corrected chi connectivity index (χ3v) is 8.57. The summed E-state index contributed by atoms with van der Waals surface area (Å²) in [7, 11) is 0. The molecule has 0 aliphatic heterocycles. The summed E-state index contributed by atoms with van der Waals surface area (Å²) < 4.78 is 43.1. The second-order valence-corrected chi connectivity index (χ2v) is 12.8. The van der Waals surface area contributed by atoms with Gasteiger partial charge in [0.2, 0.25) is 5.91 Å². The molecule has 0 saturated heterocycles. The average molecular weight is 618 g/mol. The van der Waals surface area contributed by atoms with Gasteiger partial charge in [-0.15, -0.1) is 4.91 Å². The molecule has 3 rings (SSSR count). The molecule has 2 saturated carbocycles. The molecule has 14 heteroatoms. The van der Waals surface area contributed by atoms with Gasteiger partial charge in [-0.05, 0) is 43.4 Å². The molecular weight excluding hydrogens is 586 g/mol. The lowest BCUT2D eigenvalue weighted by molar-refractivity contribution is -0.133. The second-order valence-electron chi connectivity index (χ2n) is 12.0. The summed E-state index contributed by atoms with van der Waals surface area (Å²) in [6.07, 6.45) is -1.48. The van der Waals surface area contributed by atoms with Crippen LogP contribution < -0.4 is 0 Å². The van der Waals surface area contributed by atoms with Crippen LogP contribution in [0, 0.1) is 33.0 Å². The number of nitrogens with one attached hydrogen (secondary N) is 1. The standard InChI is InChI=1S/C27H32Cl2F3N5O4/c1-25(2,3)16-9-19(16)37(13-20(38)21-17(28)11-34-12-18(21)29)23(39)15(10-33)22(27(30,31)32)35-14-5-7-26(4,8-6-14)24(40)36-41/h10-12,14-16,19,33H,5-9,13H2,1-4H3. The Morgan fingerprint density at radius 2 is 1.73 bits per heavy atom. The molecular formula is C27H32Cl2F3N5O4. The summed E-state index contributed by atoms with van der Waals surface area (Å²) in [5.41, 5.74) is -2.93. The minimum atomic E-state index is -5.06. The van der Waals surface area contributed by atoms with Crippen LogP contribution in [0.1, 0.15) is 70.2 Å². The van der Waals surface area contributed by atoms with E-state index in [1.54, 1.807) is 0 Å². The van der Waals surface area contributed by atoms with Crippen molar-refractivity contribution in [1.29, 1.82) is 5.41 Å². The third-order valence-electron chi connectivity index (χ3n) is 8.00. The van der Waals surface area contributed by atoms with E-state index in [1.165, 1.54) is 19.3 Å². The number of ketones is 1. The molecule has 1 aromatic heterocycles. The topological polar surface area (TPSA) is 133 Å². The van der Waals surface area contributed by atoms with Gasteiger partial charge in [0, 0.05) is 29.8 Å². The summed E-state index contributed by atoms with van der Waals surface area (Å²) in [5, 5.41) is 10.2. The summed E-state index contributed by atoms with van der Waals surface area (Å²) in [5.74, 6) is -4.82. The van der Waals surface area contributed by atoms with Gasteiger partial charge in [0.15, 0.2) is 5.78 Å². The maximum absolute atomic E-state index is 14.4. The maximum Gasteiger partial charge on any atom is 0.430 e. The van der Waals surface area contributed by atoms with E-state index in [1.807, 2.05) is 20.8 Å². The first-order valence-electron chi connectivity index (χ1n) is 13.1. The Morgan fingerprint density at radius 3 is 2.17 bits per heavy atom. The van der Waals surface area contributed by atoms with Gasteiger partial charge < -0.3 is 10.3 Å². The van der Waals surface area contributed by atoms with Crippen LogP contribution in [-0.4, -0.2) is 64.2 Å². The summed E-state index contributed by atoms with van der Waals surface area (Å²) in [6, 6.07) is -1.43. The summed E-state index contributed by atoms with van der Waals surface area (Å²) in [6.45, 7) is 6.71. The van der Waals surface area contributed by atoms with Crippen LogP contribution in [0.25, 0.3) is 0 Å². The number of Topliss-reactive ketones (excluding diaryl/α,β-unsaturated/α-hetero) is 1. The molecule has 1 aromatic rings. The Morgan fingerprint density at radius 1 is 1.17 bits per heavy atom. The highest BCUT2D eigenvalue weighted by atomic mass is 35.5. The number of rotatable bonds is 9. The second kappa shape index (κ2) is 12.2. The van der Waals surface area contributed by atoms with E-state index >= 15 is 0 Å². The number of hydrogen-bond donors (Lipinski definition) is 1. The molecule has 9 nitrogen and oxygen atoms in total. The van der Waals surface area contributed by atoms with Crippen LogP contribution in [0.4, 0.5) is 13.2 Å². The molecule has 0 bridgehead atoms. The number of nitroso groups, excluding NO2 is 1. The fourth-order valence-corrected chi connectivity index (χ4v) is 5.97. The molecule has 0 radical (unpaired) electrons. The van der Waals surface area contributed by atoms with Crippen LogP contribution >= 0.6 is 23.2 Å². The molecule has 224 valence electrons. The number of amides is 2. The lowest BCUT2D eigenvalue weighted by Gasteiger charge is -2.33.